The zero-order valence-electron chi connectivity index (χ0n) is 20.3. The molecule has 1 atom stereocenters. The number of urea groups is 1. The second kappa shape index (κ2) is 11.1. The van der Waals surface area contributed by atoms with Gasteiger partial charge in [-0.2, -0.15) is 0 Å². The summed E-state index contributed by atoms with van der Waals surface area (Å²) in [7, 11) is 3.97. The van der Waals surface area contributed by atoms with Crippen LogP contribution in [0.3, 0.4) is 0 Å². The summed E-state index contributed by atoms with van der Waals surface area (Å²) in [6.45, 7) is 7.86. The summed E-state index contributed by atoms with van der Waals surface area (Å²) in [6.07, 6.45) is 1.44. The van der Waals surface area contributed by atoms with Crippen LogP contribution in [0.25, 0.3) is 10.9 Å². The number of amides is 2. The fraction of sp³-hybridized carbons (Fsp3) is 0.423. The Morgan fingerprint density at radius 3 is 2.39 bits per heavy atom. The molecule has 176 valence electrons. The first-order valence-electron chi connectivity index (χ1n) is 11.6. The number of rotatable bonds is 9. The van der Waals surface area contributed by atoms with E-state index in [1.807, 2.05) is 93.2 Å². The maximum Gasteiger partial charge on any atom is 0.322 e. The van der Waals surface area contributed by atoms with Crippen LogP contribution >= 0.6 is 0 Å². The molecule has 0 aliphatic carbocycles. The molecule has 1 unspecified atom stereocenters. The number of nitrogens with one attached hydrogen (secondary N) is 1. The lowest BCUT2D eigenvalue weighted by Gasteiger charge is -2.33. The molecule has 1 heterocycles. The SMILES string of the molecule is CCCn1c(C(CC)N(CCN(C)C)C(=O)Nc2ccc(C)cc2)nc2ccccc2c1=O. The van der Waals surface area contributed by atoms with Crippen LogP contribution in [0.5, 0.6) is 0 Å². The van der Waals surface area contributed by atoms with Crippen LogP contribution in [0.15, 0.2) is 53.3 Å². The lowest BCUT2D eigenvalue weighted by molar-refractivity contribution is 0.171. The van der Waals surface area contributed by atoms with Gasteiger partial charge in [0.05, 0.1) is 16.9 Å². The van der Waals surface area contributed by atoms with E-state index < -0.39 is 0 Å². The topological polar surface area (TPSA) is 70.5 Å². The van der Waals surface area contributed by atoms with E-state index in [1.54, 1.807) is 4.57 Å². The monoisotopic (exact) mass is 449 g/mol. The van der Waals surface area contributed by atoms with Gasteiger partial charge in [-0.05, 0) is 58.1 Å². The van der Waals surface area contributed by atoms with Crippen molar-refractivity contribution in [3.05, 3.63) is 70.3 Å². The van der Waals surface area contributed by atoms with Crippen LogP contribution in [0.1, 0.15) is 44.1 Å². The summed E-state index contributed by atoms with van der Waals surface area (Å²) in [6, 6.07) is 14.6. The van der Waals surface area contributed by atoms with E-state index in [0.717, 1.165) is 17.7 Å². The Labute approximate surface area is 196 Å². The van der Waals surface area contributed by atoms with Gasteiger partial charge in [0.1, 0.15) is 5.82 Å². The molecule has 0 aliphatic heterocycles. The Bertz CT molecular complexity index is 1140. The van der Waals surface area contributed by atoms with Gasteiger partial charge < -0.3 is 15.1 Å². The molecular weight excluding hydrogens is 414 g/mol. The van der Waals surface area contributed by atoms with Crippen LogP contribution in [-0.2, 0) is 6.54 Å². The first-order valence-corrected chi connectivity index (χ1v) is 11.6. The van der Waals surface area contributed by atoms with Crippen molar-refractivity contribution in [2.45, 2.75) is 46.2 Å². The molecular formula is C26H35N5O2. The normalized spacial score (nSPS) is 12.2. The number of aromatic nitrogens is 2. The number of hydrogen-bond acceptors (Lipinski definition) is 4. The fourth-order valence-electron chi connectivity index (χ4n) is 3.96. The van der Waals surface area contributed by atoms with Crippen LogP contribution in [0.4, 0.5) is 10.5 Å². The third-order valence-corrected chi connectivity index (χ3v) is 5.75. The quantitative estimate of drug-likeness (QED) is 0.516. The minimum Gasteiger partial charge on any atom is -0.313 e. The van der Waals surface area contributed by atoms with Crippen molar-refractivity contribution >= 4 is 22.6 Å². The molecule has 2 amide bonds. The highest BCUT2D eigenvalue weighted by atomic mass is 16.2. The van der Waals surface area contributed by atoms with Crippen molar-refractivity contribution in [1.29, 1.82) is 0 Å². The van der Waals surface area contributed by atoms with Crippen molar-refractivity contribution in [3.8, 4) is 0 Å². The number of anilines is 1. The molecule has 7 nitrogen and oxygen atoms in total. The van der Waals surface area contributed by atoms with Crippen LogP contribution < -0.4 is 10.9 Å². The average molecular weight is 450 g/mol. The molecule has 1 aromatic heterocycles. The Balaban J connectivity index is 2.06. The average Bonchev–Trinajstić information content (AvgIpc) is 2.80. The van der Waals surface area contributed by atoms with E-state index in [2.05, 4.69) is 5.32 Å². The van der Waals surface area contributed by atoms with Gasteiger partial charge in [0.25, 0.3) is 5.56 Å². The minimum atomic E-state index is -0.334. The van der Waals surface area contributed by atoms with Gasteiger partial charge in [-0.15, -0.1) is 0 Å². The standard InChI is InChI=1S/C26H35N5O2/c1-6-16-31-24(28-22-11-9-8-10-21(22)25(31)32)23(7-2)30(18-17-29(4)5)26(33)27-20-14-12-19(3)13-15-20/h8-15,23H,6-7,16-18H2,1-5H3,(H,27,33). The number of para-hydroxylation sites is 1. The Morgan fingerprint density at radius 1 is 1.06 bits per heavy atom. The number of benzene rings is 2. The number of likely N-dealkylation sites (N-methyl/N-ethyl adjacent to an activating group) is 1. The predicted molar refractivity (Wildman–Crippen MR) is 135 cm³/mol. The summed E-state index contributed by atoms with van der Waals surface area (Å²) < 4.78 is 1.75. The second-order valence-corrected chi connectivity index (χ2v) is 8.66. The number of carbonyl (C=O) groups is 1. The van der Waals surface area contributed by atoms with E-state index in [1.165, 1.54) is 0 Å². The summed E-state index contributed by atoms with van der Waals surface area (Å²) in [5.74, 6) is 0.640. The van der Waals surface area contributed by atoms with Crippen LogP contribution in [0, 0.1) is 6.92 Å². The fourth-order valence-corrected chi connectivity index (χ4v) is 3.96. The lowest BCUT2D eigenvalue weighted by Crippen LogP contribution is -2.44. The zero-order chi connectivity index (χ0) is 24.0. The molecule has 1 N–H and O–H groups in total. The van der Waals surface area contributed by atoms with Gasteiger partial charge in [0.15, 0.2) is 0 Å². The van der Waals surface area contributed by atoms with Gasteiger partial charge in [0.2, 0.25) is 0 Å². The van der Waals surface area contributed by atoms with Gasteiger partial charge in [0, 0.05) is 25.3 Å². The highest BCUT2D eigenvalue weighted by Gasteiger charge is 2.28. The van der Waals surface area contributed by atoms with E-state index in [4.69, 9.17) is 4.98 Å². The van der Waals surface area contributed by atoms with Gasteiger partial charge in [-0.3, -0.25) is 9.36 Å². The van der Waals surface area contributed by atoms with E-state index in [9.17, 15) is 9.59 Å². The van der Waals surface area contributed by atoms with E-state index in [0.29, 0.717) is 42.8 Å². The Kier molecular flexibility index (Phi) is 8.22. The number of aryl methyl sites for hydroxylation is 1. The molecule has 33 heavy (non-hydrogen) atoms. The summed E-state index contributed by atoms with van der Waals surface area (Å²) in [4.78, 5) is 35.6. The third-order valence-electron chi connectivity index (χ3n) is 5.75. The summed E-state index contributed by atoms with van der Waals surface area (Å²) in [5.41, 5.74) is 2.48. The summed E-state index contributed by atoms with van der Waals surface area (Å²) >= 11 is 0. The maximum absolute atomic E-state index is 13.5. The largest absolute Gasteiger partial charge is 0.322 e. The van der Waals surface area contributed by atoms with Gasteiger partial charge in [-0.25, -0.2) is 9.78 Å². The lowest BCUT2D eigenvalue weighted by atomic mass is 10.1. The first kappa shape index (κ1) is 24.5. The Morgan fingerprint density at radius 2 is 1.76 bits per heavy atom. The van der Waals surface area contributed by atoms with Crippen LogP contribution in [0.2, 0.25) is 0 Å². The van der Waals surface area contributed by atoms with E-state index in [-0.39, 0.29) is 17.6 Å². The molecule has 7 heteroatoms. The van der Waals surface area contributed by atoms with Gasteiger partial charge in [-0.1, -0.05) is 43.7 Å². The number of fused-ring (bicyclic) bond motifs is 1. The number of carbonyl (C=O) groups excluding carboxylic acids is 1. The van der Waals surface area contributed by atoms with Crippen molar-refractivity contribution < 1.29 is 4.79 Å². The third kappa shape index (κ3) is 5.79. The molecule has 3 rings (SSSR count). The molecule has 0 fully saturated rings. The molecule has 0 saturated carbocycles. The predicted octanol–water partition coefficient (Wildman–Crippen LogP) is 4.66. The number of hydrogen-bond donors (Lipinski definition) is 1. The molecule has 0 bridgehead atoms. The van der Waals surface area contributed by atoms with Crippen molar-refractivity contribution in [1.82, 2.24) is 19.4 Å². The summed E-state index contributed by atoms with van der Waals surface area (Å²) in [5, 5.41) is 3.64. The molecule has 2 aromatic carbocycles. The van der Waals surface area contributed by atoms with Crippen molar-refractivity contribution in [2.75, 3.05) is 32.5 Å². The molecule has 3 aromatic rings. The highest BCUT2D eigenvalue weighted by Crippen LogP contribution is 2.25. The smallest absolute Gasteiger partial charge is 0.313 e. The van der Waals surface area contributed by atoms with E-state index >= 15 is 0 Å². The maximum atomic E-state index is 13.5. The van der Waals surface area contributed by atoms with Crippen molar-refractivity contribution in [3.63, 3.8) is 0 Å². The molecule has 0 aliphatic rings. The van der Waals surface area contributed by atoms with Gasteiger partial charge >= 0.3 is 6.03 Å². The zero-order valence-corrected chi connectivity index (χ0v) is 20.3. The molecule has 0 saturated heterocycles. The highest BCUT2D eigenvalue weighted by molar-refractivity contribution is 5.89. The van der Waals surface area contributed by atoms with Crippen molar-refractivity contribution in [2.24, 2.45) is 0 Å². The molecule has 0 spiro atoms. The molecule has 0 radical (unpaired) electrons. The minimum absolute atomic E-state index is 0.0533. The Hall–Kier alpha value is -3.19. The second-order valence-electron chi connectivity index (χ2n) is 8.66. The number of nitrogens with zero attached hydrogens (tertiary/aromatic N) is 4. The van der Waals surface area contributed by atoms with Crippen LogP contribution in [-0.4, -0.2) is 52.6 Å². The first-order chi connectivity index (χ1) is 15.8.